The Balaban J connectivity index is 1.45. The number of ether oxygens (including phenoxy) is 2. The molecule has 1 unspecified atom stereocenters. The smallest absolute Gasteiger partial charge is 0.195 e. The number of nitrogens with zero attached hydrogens (tertiary/aromatic N) is 2. The molecular weight excluding hydrogens is 543 g/mol. The number of fused-ring (bicyclic) bond motifs is 2. The van der Waals surface area contributed by atoms with Crippen LogP contribution in [0.5, 0.6) is 0 Å². The number of halogens is 3. The van der Waals surface area contributed by atoms with E-state index in [2.05, 4.69) is 11.1 Å². The van der Waals surface area contributed by atoms with Gasteiger partial charge in [-0.25, -0.2) is 18.2 Å². The Kier molecular flexibility index (Phi) is 7.47. The SMILES string of the molecule is Cc1cc2c(nc(C)n2C)c(/C=C/COC2CCCCO2)c1-c1cccc2c(C(=O)c3cc(F)c(F)c(F)c3)c[nH]c12. The minimum atomic E-state index is -1.61. The fraction of sp³-hybridized carbons (Fsp3) is 0.273. The minimum absolute atomic E-state index is 0.204. The number of aromatic amines is 1. The molecule has 3 aromatic carbocycles. The first-order chi connectivity index (χ1) is 20.2. The van der Waals surface area contributed by atoms with Gasteiger partial charge in [-0.15, -0.1) is 0 Å². The van der Waals surface area contributed by atoms with Crippen LogP contribution in [-0.4, -0.2) is 39.8 Å². The third-order valence-electron chi connectivity index (χ3n) is 7.91. The number of para-hydroxylation sites is 1. The number of rotatable bonds is 7. The summed E-state index contributed by atoms with van der Waals surface area (Å²) in [5.74, 6) is -4.19. The summed E-state index contributed by atoms with van der Waals surface area (Å²) in [5.41, 5.74) is 6.11. The summed E-state index contributed by atoms with van der Waals surface area (Å²) in [6.07, 6.45) is 8.29. The highest BCUT2D eigenvalue weighted by atomic mass is 19.2. The average molecular weight is 574 g/mol. The molecule has 3 heterocycles. The Morgan fingerprint density at radius 3 is 2.69 bits per heavy atom. The first-order valence-electron chi connectivity index (χ1n) is 13.9. The first kappa shape index (κ1) is 27.9. The molecule has 1 aliphatic heterocycles. The molecule has 6 nitrogen and oxygen atoms in total. The van der Waals surface area contributed by atoms with Crippen LogP contribution < -0.4 is 0 Å². The molecule has 1 fully saturated rings. The lowest BCUT2D eigenvalue weighted by Crippen LogP contribution is -2.22. The molecule has 1 aliphatic rings. The molecule has 0 bridgehead atoms. The number of aromatic nitrogens is 3. The number of imidazole rings is 1. The van der Waals surface area contributed by atoms with Gasteiger partial charge in [0.2, 0.25) is 0 Å². The van der Waals surface area contributed by atoms with E-state index in [1.807, 2.05) is 49.7 Å². The van der Waals surface area contributed by atoms with Crippen LogP contribution in [0.4, 0.5) is 13.2 Å². The molecule has 0 spiro atoms. The topological polar surface area (TPSA) is 69.1 Å². The summed E-state index contributed by atoms with van der Waals surface area (Å²) in [7, 11) is 1.98. The summed E-state index contributed by atoms with van der Waals surface area (Å²) in [4.78, 5) is 21.4. The predicted molar refractivity (Wildman–Crippen MR) is 156 cm³/mol. The minimum Gasteiger partial charge on any atom is -0.360 e. The van der Waals surface area contributed by atoms with Crippen molar-refractivity contribution in [3.05, 3.63) is 94.2 Å². The van der Waals surface area contributed by atoms with E-state index in [1.54, 1.807) is 6.07 Å². The third-order valence-corrected chi connectivity index (χ3v) is 7.91. The molecule has 0 amide bonds. The van der Waals surface area contributed by atoms with Gasteiger partial charge in [-0.3, -0.25) is 4.79 Å². The van der Waals surface area contributed by atoms with Crippen LogP contribution in [0.2, 0.25) is 0 Å². The molecule has 216 valence electrons. The van der Waals surface area contributed by atoms with E-state index in [-0.39, 0.29) is 17.4 Å². The van der Waals surface area contributed by atoms with Crippen molar-refractivity contribution in [2.75, 3.05) is 13.2 Å². The predicted octanol–water partition coefficient (Wildman–Crippen LogP) is 7.54. The van der Waals surface area contributed by atoms with Crippen molar-refractivity contribution in [3.8, 4) is 11.1 Å². The zero-order valence-electron chi connectivity index (χ0n) is 23.6. The van der Waals surface area contributed by atoms with Crippen LogP contribution in [0, 0.1) is 31.3 Å². The molecule has 0 aliphatic carbocycles. The van der Waals surface area contributed by atoms with E-state index in [4.69, 9.17) is 14.5 Å². The van der Waals surface area contributed by atoms with Gasteiger partial charge in [-0.1, -0.05) is 30.4 Å². The number of nitrogens with one attached hydrogen (secondary N) is 1. The normalized spacial score (nSPS) is 15.8. The zero-order valence-corrected chi connectivity index (χ0v) is 23.6. The van der Waals surface area contributed by atoms with E-state index in [9.17, 15) is 18.0 Å². The fourth-order valence-corrected chi connectivity index (χ4v) is 5.68. The summed E-state index contributed by atoms with van der Waals surface area (Å²) < 4.78 is 55.0. The second-order valence-electron chi connectivity index (χ2n) is 10.6. The van der Waals surface area contributed by atoms with Crippen molar-refractivity contribution in [2.45, 2.75) is 39.4 Å². The lowest BCUT2D eigenvalue weighted by Gasteiger charge is -2.21. The molecule has 5 aromatic rings. The quantitative estimate of drug-likeness (QED) is 0.161. The fourth-order valence-electron chi connectivity index (χ4n) is 5.68. The lowest BCUT2D eigenvalue weighted by atomic mass is 9.91. The summed E-state index contributed by atoms with van der Waals surface area (Å²) >= 11 is 0. The third kappa shape index (κ3) is 4.92. The van der Waals surface area contributed by atoms with Crippen molar-refractivity contribution in [3.63, 3.8) is 0 Å². The molecule has 1 saturated heterocycles. The molecule has 1 N–H and O–H groups in total. The maximum Gasteiger partial charge on any atom is 0.195 e. The molecular formula is C33H30F3N3O3. The largest absolute Gasteiger partial charge is 0.360 e. The Labute approximate surface area is 240 Å². The standard InChI is InChI=1S/C33H30F3N3O3/c1-18-14-27-32(38-19(2)39(27)3)23(10-7-13-42-28-11-4-5-12-41-28)29(18)22-9-6-8-21-24(17-37-31(21)22)33(40)20-15-25(34)30(36)26(35)16-20/h6-10,14-17,28,37H,4-5,11-13H2,1-3H3/b10-7+. The number of hydrogen-bond donors (Lipinski definition) is 1. The first-order valence-corrected chi connectivity index (χ1v) is 13.9. The highest BCUT2D eigenvalue weighted by Gasteiger charge is 2.22. The zero-order chi connectivity index (χ0) is 29.5. The van der Waals surface area contributed by atoms with Crippen molar-refractivity contribution >= 4 is 33.8 Å². The second-order valence-corrected chi connectivity index (χ2v) is 10.6. The molecule has 9 heteroatoms. The molecule has 42 heavy (non-hydrogen) atoms. The van der Waals surface area contributed by atoms with Gasteiger partial charge >= 0.3 is 0 Å². The summed E-state index contributed by atoms with van der Waals surface area (Å²) in [5, 5.41) is 0.576. The summed E-state index contributed by atoms with van der Waals surface area (Å²) in [6.45, 7) is 5.07. The maximum atomic E-state index is 13.9. The summed E-state index contributed by atoms with van der Waals surface area (Å²) in [6, 6.07) is 9.08. The Morgan fingerprint density at radius 2 is 1.95 bits per heavy atom. The Morgan fingerprint density at radius 1 is 1.17 bits per heavy atom. The molecule has 6 rings (SSSR count). The van der Waals surface area contributed by atoms with E-state index >= 15 is 0 Å². The van der Waals surface area contributed by atoms with Crippen LogP contribution in [0.1, 0.15) is 52.1 Å². The van der Waals surface area contributed by atoms with Crippen molar-refractivity contribution in [2.24, 2.45) is 7.05 Å². The molecule has 1 atom stereocenters. The number of carbonyl (C=O) groups is 1. The molecule has 0 radical (unpaired) electrons. The van der Waals surface area contributed by atoms with Crippen molar-refractivity contribution < 1.29 is 27.4 Å². The van der Waals surface area contributed by atoms with Gasteiger partial charge in [0, 0.05) is 47.5 Å². The number of H-pyrrole nitrogens is 1. The van der Waals surface area contributed by atoms with Gasteiger partial charge in [0.25, 0.3) is 0 Å². The van der Waals surface area contributed by atoms with E-state index in [0.29, 0.717) is 36.2 Å². The van der Waals surface area contributed by atoms with Crippen molar-refractivity contribution in [1.82, 2.24) is 14.5 Å². The average Bonchev–Trinajstić information content (AvgIpc) is 3.54. The molecule has 0 saturated carbocycles. The van der Waals surface area contributed by atoms with E-state index in [1.165, 1.54) is 6.20 Å². The van der Waals surface area contributed by atoms with Crippen molar-refractivity contribution in [1.29, 1.82) is 0 Å². The number of ketones is 1. The van der Waals surface area contributed by atoms with Crippen LogP contribution in [0.15, 0.2) is 48.7 Å². The van der Waals surface area contributed by atoms with Gasteiger partial charge in [0.05, 0.1) is 23.2 Å². The van der Waals surface area contributed by atoms with Gasteiger partial charge < -0.3 is 19.0 Å². The monoisotopic (exact) mass is 573 g/mol. The lowest BCUT2D eigenvalue weighted by molar-refractivity contribution is -0.155. The Bertz CT molecular complexity index is 1840. The van der Waals surface area contributed by atoms with Crippen LogP contribution >= 0.6 is 0 Å². The van der Waals surface area contributed by atoms with E-state index < -0.39 is 23.2 Å². The maximum absolute atomic E-state index is 13.9. The van der Waals surface area contributed by atoms with E-state index in [0.717, 1.165) is 58.4 Å². The highest BCUT2D eigenvalue weighted by Crippen LogP contribution is 2.39. The Hall–Kier alpha value is -4.21. The van der Waals surface area contributed by atoms with Gasteiger partial charge in [-0.05, 0) is 62.4 Å². The number of carbonyl (C=O) groups excluding carboxylic acids is 1. The van der Waals surface area contributed by atoms with Gasteiger partial charge in [0.1, 0.15) is 5.82 Å². The van der Waals surface area contributed by atoms with Gasteiger partial charge in [-0.2, -0.15) is 0 Å². The van der Waals surface area contributed by atoms with Crippen LogP contribution in [0.25, 0.3) is 39.1 Å². The highest BCUT2D eigenvalue weighted by molar-refractivity contribution is 6.18. The number of benzene rings is 3. The van der Waals surface area contributed by atoms with Crippen LogP contribution in [0.3, 0.4) is 0 Å². The van der Waals surface area contributed by atoms with Gasteiger partial charge in [0.15, 0.2) is 29.5 Å². The number of aryl methyl sites for hydroxylation is 3. The second kappa shape index (κ2) is 11.2. The number of hydrogen-bond acceptors (Lipinski definition) is 4. The molecule has 2 aromatic heterocycles. The van der Waals surface area contributed by atoms with Crippen LogP contribution in [-0.2, 0) is 16.5 Å².